The first kappa shape index (κ1) is 28.2. The molecule has 0 N–H and O–H groups in total. The third-order valence-corrected chi connectivity index (χ3v) is 7.95. The van der Waals surface area contributed by atoms with E-state index in [9.17, 15) is 8.78 Å². The van der Waals surface area contributed by atoms with Crippen molar-refractivity contribution in [3.8, 4) is 16.9 Å². The van der Waals surface area contributed by atoms with Crippen molar-refractivity contribution < 1.29 is 22.3 Å². The maximum Gasteiger partial charge on any atom is 0.166 e. The number of aryl methyl sites for hydroxylation is 1. The zero-order chi connectivity index (χ0) is 27.1. The van der Waals surface area contributed by atoms with Gasteiger partial charge in [-0.25, -0.2) is 17.6 Å². The molecule has 204 valence electrons. The molecule has 38 heavy (non-hydrogen) atoms. The lowest BCUT2D eigenvalue weighted by Gasteiger charge is -2.29. The molecule has 4 rings (SSSR count). The average molecular weight is 527 g/mol. The van der Waals surface area contributed by atoms with Gasteiger partial charge in [-0.1, -0.05) is 75.9 Å². The lowest BCUT2D eigenvalue weighted by atomic mass is 9.77. The second kappa shape index (κ2) is 13.3. The number of hydrogen-bond acceptors (Lipinski definition) is 1. The van der Waals surface area contributed by atoms with Gasteiger partial charge in [0.25, 0.3) is 0 Å². The molecule has 3 aromatic carbocycles. The topological polar surface area (TPSA) is 9.23 Å². The minimum Gasteiger partial charge on any atom is -0.489 e. The SMILES string of the molecule is CCCCCc1ccc(COc2ccc(-c3ccc(C4CCC(CCC)CC4)c(F)c3F)cc2)c(F)c1F. The van der Waals surface area contributed by atoms with Crippen LogP contribution in [-0.2, 0) is 13.0 Å². The lowest BCUT2D eigenvalue weighted by Crippen LogP contribution is -2.14. The summed E-state index contributed by atoms with van der Waals surface area (Å²) in [6.07, 6.45) is 9.64. The molecule has 0 aromatic heterocycles. The van der Waals surface area contributed by atoms with Gasteiger partial charge in [0.2, 0.25) is 0 Å². The van der Waals surface area contributed by atoms with Crippen LogP contribution in [0, 0.1) is 29.2 Å². The van der Waals surface area contributed by atoms with E-state index in [1.54, 1.807) is 48.5 Å². The first-order valence-corrected chi connectivity index (χ1v) is 14.1. The number of hydrogen-bond donors (Lipinski definition) is 0. The molecule has 1 saturated carbocycles. The van der Waals surface area contributed by atoms with Crippen LogP contribution in [0.4, 0.5) is 17.6 Å². The minimum absolute atomic E-state index is 0.0677. The van der Waals surface area contributed by atoms with Gasteiger partial charge in [0, 0.05) is 11.1 Å². The van der Waals surface area contributed by atoms with Crippen molar-refractivity contribution in [2.45, 2.75) is 90.6 Å². The molecule has 0 atom stereocenters. The monoisotopic (exact) mass is 526 g/mol. The quantitative estimate of drug-likeness (QED) is 0.178. The second-order valence-corrected chi connectivity index (χ2v) is 10.6. The van der Waals surface area contributed by atoms with Crippen LogP contribution in [0.5, 0.6) is 5.75 Å². The zero-order valence-corrected chi connectivity index (χ0v) is 22.5. The maximum absolute atomic E-state index is 15.1. The molecule has 0 heterocycles. The third-order valence-electron chi connectivity index (χ3n) is 7.95. The zero-order valence-electron chi connectivity index (χ0n) is 22.5. The number of rotatable bonds is 11. The molecule has 0 unspecified atom stereocenters. The van der Waals surface area contributed by atoms with Crippen LogP contribution in [0.1, 0.15) is 94.2 Å². The molecular formula is C33H38F4O. The summed E-state index contributed by atoms with van der Waals surface area (Å²) in [7, 11) is 0. The minimum atomic E-state index is -0.882. The Morgan fingerprint density at radius 3 is 2.05 bits per heavy atom. The molecule has 3 aromatic rings. The van der Waals surface area contributed by atoms with Gasteiger partial charge >= 0.3 is 0 Å². The molecule has 0 saturated heterocycles. The lowest BCUT2D eigenvalue weighted by molar-refractivity contribution is 0.297. The summed E-state index contributed by atoms with van der Waals surface area (Å²) in [5, 5.41) is 0. The first-order chi connectivity index (χ1) is 18.4. The largest absolute Gasteiger partial charge is 0.489 e. The summed E-state index contributed by atoms with van der Waals surface area (Å²) in [5.74, 6) is -2.07. The highest BCUT2D eigenvalue weighted by atomic mass is 19.2. The smallest absolute Gasteiger partial charge is 0.166 e. The standard InChI is InChI=1S/C33H38F4O/c1-3-5-6-8-25-13-14-26(31(35)30(25)34)21-38-27-17-15-24(16-18-27)29-20-19-28(32(36)33(29)37)23-11-9-22(7-4-2)10-12-23/h13-20,22-23H,3-12,21H2,1-2H3. The average Bonchev–Trinajstić information content (AvgIpc) is 2.93. The molecule has 0 spiro atoms. The van der Waals surface area contributed by atoms with Crippen LogP contribution in [0.2, 0.25) is 0 Å². The molecule has 0 amide bonds. The number of halogens is 4. The predicted octanol–water partition coefficient (Wildman–Crippen LogP) is 10.3. The van der Waals surface area contributed by atoms with Crippen LogP contribution in [-0.4, -0.2) is 0 Å². The summed E-state index contributed by atoms with van der Waals surface area (Å²) < 4.78 is 64.8. The Bertz CT molecular complexity index is 1200. The fourth-order valence-corrected chi connectivity index (χ4v) is 5.66. The molecule has 0 bridgehead atoms. The Hall–Kier alpha value is -2.82. The van der Waals surface area contributed by atoms with E-state index in [2.05, 4.69) is 13.8 Å². The highest BCUT2D eigenvalue weighted by molar-refractivity contribution is 5.65. The molecular weight excluding hydrogens is 488 g/mol. The van der Waals surface area contributed by atoms with Crippen molar-refractivity contribution in [1.82, 2.24) is 0 Å². The molecule has 1 aliphatic carbocycles. The van der Waals surface area contributed by atoms with Gasteiger partial charge in [-0.15, -0.1) is 0 Å². The van der Waals surface area contributed by atoms with Gasteiger partial charge in [-0.05, 0) is 79.2 Å². The van der Waals surface area contributed by atoms with E-state index in [0.717, 1.165) is 44.9 Å². The van der Waals surface area contributed by atoms with E-state index in [0.29, 0.717) is 34.8 Å². The number of ether oxygens (including phenoxy) is 1. The van der Waals surface area contributed by atoms with Crippen LogP contribution in [0.3, 0.4) is 0 Å². The second-order valence-electron chi connectivity index (χ2n) is 10.6. The van der Waals surface area contributed by atoms with Gasteiger partial charge in [0.15, 0.2) is 23.3 Å². The molecule has 1 fully saturated rings. The third kappa shape index (κ3) is 6.59. The van der Waals surface area contributed by atoms with Crippen LogP contribution >= 0.6 is 0 Å². The molecule has 1 aliphatic rings. The van der Waals surface area contributed by atoms with Crippen molar-refractivity contribution in [2.24, 2.45) is 5.92 Å². The fraction of sp³-hybridized carbons (Fsp3) is 0.455. The molecule has 0 aliphatic heterocycles. The van der Waals surface area contributed by atoms with E-state index < -0.39 is 23.3 Å². The van der Waals surface area contributed by atoms with Gasteiger partial charge in [-0.2, -0.15) is 0 Å². The Kier molecular flexibility index (Phi) is 9.87. The van der Waals surface area contributed by atoms with Gasteiger partial charge < -0.3 is 4.74 Å². The fourth-order valence-electron chi connectivity index (χ4n) is 5.66. The Balaban J connectivity index is 1.40. The molecule has 5 heteroatoms. The van der Waals surface area contributed by atoms with E-state index in [4.69, 9.17) is 4.74 Å². The van der Waals surface area contributed by atoms with Crippen LogP contribution in [0.25, 0.3) is 11.1 Å². The molecule has 1 nitrogen and oxygen atoms in total. The first-order valence-electron chi connectivity index (χ1n) is 14.1. The highest BCUT2D eigenvalue weighted by Gasteiger charge is 2.26. The van der Waals surface area contributed by atoms with E-state index in [1.165, 1.54) is 12.8 Å². The summed E-state index contributed by atoms with van der Waals surface area (Å²) in [4.78, 5) is 0. The van der Waals surface area contributed by atoms with Crippen molar-refractivity contribution in [2.75, 3.05) is 0 Å². The van der Waals surface area contributed by atoms with Gasteiger partial charge in [-0.3, -0.25) is 0 Å². The Labute approximate surface area is 224 Å². The number of benzene rings is 3. The molecule has 0 radical (unpaired) electrons. The van der Waals surface area contributed by atoms with Crippen molar-refractivity contribution in [3.05, 3.63) is 88.5 Å². The van der Waals surface area contributed by atoms with Gasteiger partial charge in [0.1, 0.15) is 12.4 Å². The van der Waals surface area contributed by atoms with E-state index in [1.807, 2.05) is 0 Å². The Morgan fingerprint density at radius 2 is 1.37 bits per heavy atom. The predicted molar refractivity (Wildman–Crippen MR) is 145 cm³/mol. The van der Waals surface area contributed by atoms with Crippen molar-refractivity contribution in [3.63, 3.8) is 0 Å². The summed E-state index contributed by atoms with van der Waals surface area (Å²) in [5.41, 5.74) is 1.73. The maximum atomic E-state index is 15.1. The van der Waals surface area contributed by atoms with E-state index >= 15 is 8.78 Å². The summed E-state index contributed by atoms with van der Waals surface area (Å²) in [6, 6.07) is 13.1. The summed E-state index contributed by atoms with van der Waals surface area (Å²) >= 11 is 0. The van der Waals surface area contributed by atoms with Crippen molar-refractivity contribution in [1.29, 1.82) is 0 Å². The highest BCUT2D eigenvalue weighted by Crippen LogP contribution is 2.40. The van der Waals surface area contributed by atoms with Crippen LogP contribution in [0.15, 0.2) is 48.5 Å². The van der Waals surface area contributed by atoms with Gasteiger partial charge in [0.05, 0.1) is 0 Å². The number of unbranched alkanes of at least 4 members (excludes halogenated alkanes) is 2. The van der Waals surface area contributed by atoms with Crippen molar-refractivity contribution >= 4 is 0 Å². The normalized spacial score (nSPS) is 17.5. The Morgan fingerprint density at radius 1 is 0.684 bits per heavy atom. The van der Waals surface area contributed by atoms with E-state index in [-0.39, 0.29) is 23.7 Å². The summed E-state index contributed by atoms with van der Waals surface area (Å²) in [6.45, 7) is 4.12. The van der Waals surface area contributed by atoms with Crippen LogP contribution < -0.4 is 4.74 Å².